The van der Waals surface area contributed by atoms with E-state index in [1.807, 2.05) is 32.0 Å². The van der Waals surface area contributed by atoms with Crippen LogP contribution in [-0.2, 0) is 19.1 Å². The van der Waals surface area contributed by atoms with Crippen LogP contribution in [0.5, 0.6) is 5.75 Å². The lowest BCUT2D eigenvalue weighted by Gasteiger charge is -2.17. The predicted molar refractivity (Wildman–Crippen MR) is 126 cm³/mol. The summed E-state index contributed by atoms with van der Waals surface area (Å²) in [7, 11) is 1.62. The van der Waals surface area contributed by atoms with Crippen molar-refractivity contribution in [2.24, 2.45) is 5.92 Å². The van der Waals surface area contributed by atoms with Gasteiger partial charge in [-0.25, -0.2) is 0 Å². The van der Waals surface area contributed by atoms with Gasteiger partial charge in [0.2, 0.25) is 11.8 Å². The van der Waals surface area contributed by atoms with Gasteiger partial charge in [0.15, 0.2) is 6.61 Å². The summed E-state index contributed by atoms with van der Waals surface area (Å²) in [5.41, 5.74) is 3.59. The Morgan fingerprint density at radius 1 is 1.12 bits per heavy atom. The minimum Gasteiger partial charge on any atom is -0.484 e. The molecule has 1 aliphatic heterocycles. The fourth-order valence-electron chi connectivity index (χ4n) is 3.65. The summed E-state index contributed by atoms with van der Waals surface area (Å²) in [6.45, 7) is 5.28. The van der Waals surface area contributed by atoms with Gasteiger partial charge in [-0.05, 0) is 61.7 Å². The fourth-order valence-corrected chi connectivity index (χ4v) is 3.65. The van der Waals surface area contributed by atoms with E-state index >= 15 is 0 Å². The summed E-state index contributed by atoms with van der Waals surface area (Å²) in [6, 6.07) is 12.7. The molecule has 0 spiro atoms. The molecule has 0 bridgehead atoms. The quantitative estimate of drug-likeness (QED) is 0.539. The van der Waals surface area contributed by atoms with Crippen LogP contribution >= 0.6 is 0 Å². The molecule has 1 aliphatic rings. The summed E-state index contributed by atoms with van der Waals surface area (Å²) in [4.78, 5) is 38.6. The number of benzene rings is 2. The molecule has 0 radical (unpaired) electrons. The zero-order valence-corrected chi connectivity index (χ0v) is 19.3. The Labute approximate surface area is 194 Å². The van der Waals surface area contributed by atoms with Crippen LogP contribution in [0.25, 0.3) is 0 Å². The first-order valence-corrected chi connectivity index (χ1v) is 11.0. The molecule has 8 heteroatoms. The van der Waals surface area contributed by atoms with Crippen molar-refractivity contribution < 1.29 is 23.9 Å². The lowest BCUT2D eigenvalue weighted by molar-refractivity contribution is -0.126. The number of carbonyl (C=O) groups excluding carboxylic acids is 3. The number of rotatable bonds is 10. The predicted octanol–water partition coefficient (Wildman–Crippen LogP) is 2.83. The number of hydrogen-bond donors (Lipinski definition) is 2. The van der Waals surface area contributed by atoms with Crippen LogP contribution in [-0.4, -0.2) is 51.1 Å². The number of hydrogen-bond acceptors (Lipinski definition) is 5. The third-order valence-electron chi connectivity index (χ3n) is 5.72. The van der Waals surface area contributed by atoms with Gasteiger partial charge in [-0.15, -0.1) is 0 Å². The van der Waals surface area contributed by atoms with Gasteiger partial charge < -0.3 is 25.0 Å². The summed E-state index contributed by atoms with van der Waals surface area (Å²) in [5.74, 6) is -0.300. The molecule has 0 aliphatic carbocycles. The smallest absolute Gasteiger partial charge is 0.262 e. The highest BCUT2D eigenvalue weighted by atomic mass is 16.5. The Balaban J connectivity index is 1.49. The largest absolute Gasteiger partial charge is 0.484 e. The van der Waals surface area contributed by atoms with Gasteiger partial charge in [-0.1, -0.05) is 12.1 Å². The van der Waals surface area contributed by atoms with Gasteiger partial charge >= 0.3 is 0 Å². The molecule has 176 valence electrons. The lowest BCUT2D eigenvalue weighted by Crippen LogP contribution is -2.33. The van der Waals surface area contributed by atoms with Crippen LogP contribution in [0.1, 0.15) is 24.0 Å². The maximum atomic E-state index is 12.4. The first kappa shape index (κ1) is 24.3. The highest BCUT2D eigenvalue weighted by molar-refractivity contribution is 6.00. The van der Waals surface area contributed by atoms with Gasteiger partial charge in [0.25, 0.3) is 5.91 Å². The van der Waals surface area contributed by atoms with E-state index in [0.717, 1.165) is 23.2 Å². The molecule has 8 nitrogen and oxygen atoms in total. The summed E-state index contributed by atoms with van der Waals surface area (Å²) in [6.07, 6.45) is 0.920. The van der Waals surface area contributed by atoms with Crippen molar-refractivity contribution in [3.05, 3.63) is 53.6 Å². The summed E-state index contributed by atoms with van der Waals surface area (Å²) < 4.78 is 10.6. The lowest BCUT2D eigenvalue weighted by atomic mass is 10.1. The van der Waals surface area contributed by atoms with Gasteiger partial charge in [0.1, 0.15) is 5.75 Å². The Hall–Kier alpha value is -3.39. The van der Waals surface area contributed by atoms with Gasteiger partial charge in [0.05, 0.1) is 5.92 Å². The second-order valence-corrected chi connectivity index (χ2v) is 8.12. The molecular weight excluding hydrogens is 422 g/mol. The Morgan fingerprint density at radius 2 is 1.88 bits per heavy atom. The van der Waals surface area contributed by atoms with Gasteiger partial charge in [-0.2, -0.15) is 0 Å². The third-order valence-corrected chi connectivity index (χ3v) is 5.72. The maximum absolute atomic E-state index is 12.4. The van der Waals surface area contributed by atoms with E-state index in [9.17, 15) is 14.4 Å². The molecule has 0 unspecified atom stereocenters. The molecule has 0 saturated carbocycles. The topological polar surface area (TPSA) is 97.0 Å². The zero-order valence-electron chi connectivity index (χ0n) is 19.3. The number of amides is 3. The first-order chi connectivity index (χ1) is 15.9. The Morgan fingerprint density at radius 3 is 2.61 bits per heavy atom. The fraction of sp³-hybridized carbons (Fsp3) is 0.400. The van der Waals surface area contributed by atoms with Crippen molar-refractivity contribution in [1.82, 2.24) is 5.32 Å². The third kappa shape index (κ3) is 6.55. The second kappa shape index (κ2) is 11.5. The van der Waals surface area contributed by atoms with Gasteiger partial charge in [-0.3, -0.25) is 14.4 Å². The van der Waals surface area contributed by atoms with E-state index in [-0.39, 0.29) is 36.7 Å². The molecule has 2 aromatic rings. The van der Waals surface area contributed by atoms with Crippen LogP contribution in [0, 0.1) is 19.8 Å². The van der Waals surface area contributed by atoms with Crippen LogP contribution in [0.2, 0.25) is 0 Å². The zero-order chi connectivity index (χ0) is 23.8. The van der Waals surface area contributed by atoms with Crippen molar-refractivity contribution in [2.45, 2.75) is 26.7 Å². The van der Waals surface area contributed by atoms with Crippen LogP contribution in [0.3, 0.4) is 0 Å². The van der Waals surface area contributed by atoms with E-state index in [1.165, 1.54) is 0 Å². The van der Waals surface area contributed by atoms with Crippen LogP contribution in [0.15, 0.2) is 42.5 Å². The molecule has 1 fully saturated rings. The van der Waals surface area contributed by atoms with Crippen LogP contribution in [0.4, 0.5) is 11.4 Å². The van der Waals surface area contributed by atoms with E-state index < -0.39 is 0 Å². The van der Waals surface area contributed by atoms with Crippen molar-refractivity contribution >= 4 is 29.1 Å². The molecule has 2 aromatic carbocycles. The molecule has 33 heavy (non-hydrogen) atoms. The van der Waals surface area contributed by atoms with E-state index in [2.05, 4.69) is 10.6 Å². The average Bonchev–Trinajstić information content (AvgIpc) is 3.20. The van der Waals surface area contributed by atoms with Crippen LogP contribution < -0.4 is 20.3 Å². The Bertz CT molecular complexity index is 990. The number of anilines is 2. The van der Waals surface area contributed by atoms with Crippen molar-refractivity contribution in [3.8, 4) is 5.75 Å². The number of ether oxygens (including phenoxy) is 2. The molecule has 3 amide bonds. The van der Waals surface area contributed by atoms with Gasteiger partial charge in [0, 0.05) is 44.6 Å². The minimum atomic E-state index is -0.371. The first-order valence-electron chi connectivity index (χ1n) is 11.0. The van der Waals surface area contributed by atoms with E-state index in [0.29, 0.717) is 31.1 Å². The Kier molecular flexibility index (Phi) is 8.43. The molecule has 1 atom stereocenters. The summed E-state index contributed by atoms with van der Waals surface area (Å²) >= 11 is 0. The highest BCUT2D eigenvalue weighted by Gasteiger charge is 2.34. The van der Waals surface area contributed by atoms with Crippen molar-refractivity contribution in [1.29, 1.82) is 0 Å². The minimum absolute atomic E-state index is 0.0892. The number of nitrogens with one attached hydrogen (secondary N) is 2. The maximum Gasteiger partial charge on any atom is 0.262 e. The molecule has 0 aromatic heterocycles. The molecular formula is C25H31N3O5. The number of methoxy groups -OCH3 is 1. The summed E-state index contributed by atoms with van der Waals surface area (Å²) in [5, 5.41) is 5.71. The second-order valence-electron chi connectivity index (χ2n) is 8.12. The normalized spacial score (nSPS) is 15.4. The van der Waals surface area contributed by atoms with Crippen molar-refractivity contribution in [2.75, 3.05) is 43.6 Å². The number of carbonyl (C=O) groups is 3. The highest BCUT2D eigenvalue weighted by Crippen LogP contribution is 2.27. The van der Waals surface area contributed by atoms with E-state index in [4.69, 9.17) is 9.47 Å². The number of aryl methyl sites for hydroxylation is 1. The molecule has 1 heterocycles. The molecule has 1 saturated heterocycles. The monoisotopic (exact) mass is 453 g/mol. The van der Waals surface area contributed by atoms with E-state index in [1.54, 1.807) is 36.3 Å². The average molecular weight is 454 g/mol. The number of nitrogens with zero attached hydrogens (tertiary/aromatic N) is 1. The SMILES string of the molecule is COCCCNC(=O)[C@H]1CC(=O)N(c2ccc(OCC(=O)Nc3cccc(C)c3C)cc2)C1. The molecule has 2 N–H and O–H groups in total. The van der Waals surface area contributed by atoms with Crippen molar-refractivity contribution in [3.63, 3.8) is 0 Å². The standard InChI is InChI=1S/C25H31N3O5/c1-17-6-4-7-22(18(17)2)27-23(29)16-33-21-10-8-20(9-11-21)28-15-19(14-24(28)30)25(31)26-12-5-13-32-3/h4,6-11,19H,5,12-16H2,1-3H3,(H,26,31)(H,27,29)/t19-/m0/s1. The molecule has 3 rings (SSSR count).